The minimum absolute atomic E-state index is 0.0768. The topological polar surface area (TPSA) is 111 Å². The van der Waals surface area contributed by atoms with E-state index in [1.807, 2.05) is 50.3 Å². The molecule has 2 aromatic rings. The zero-order valence-corrected chi connectivity index (χ0v) is 13.7. The minimum atomic E-state index is -0.685. The Kier molecular flexibility index (Phi) is 5.57. The molecule has 0 atom stereocenters. The van der Waals surface area contributed by atoms with Crippen LogP contribution in [0, 0.1) is 20.2 Å². The zero-order chi connectivity index (χ0) is 18.4. The van der Waals surface area contributed by atoms with E-state index in [-0.39, 0.29) is 11.4 Å². The van der Waals surface area contributed by atoms with E-state index in [2.05, 4.69) is 10.5 Å². The van der Waals surface area contributed by atoms with Crippen molar-refractivity contribution in [3.63, 3.8) is 0 Å². The van der Waals surface area contributed by atoms with Gasteiger partial charge in [-0.25, -0.2) is 0 Å². The molecule has 8 heteroatoms. The number of hydrogen-bond donors (Lipinski definition) is 1. The van der Waals surface area contributed by atoms with Gasteiger partial charge in [-0.3, -0.25) is 25.7 Å². The molecule has 25 heavy (non-hydrogen) atoms. The molecule has 0 saturated carbocycles. The normalized spacial score (nSPS) is 11.9. The largest absolute Gasteiger partial charge is 0.301 e. The Bertz CT molecular complexity index is 860. The van der Waals surface area contributed by atoms with E-state index in [9.17, 15) is 20.2 Å². The molecule has 2 aromatic carbocycles. The van der Waals surface area contributed by atoms with Crippen LogP contribution in [0.25, 0.3) is 0 Å². The summed E-state index contributed by atoms with van der Waals surface area (Å²) in [5.41, 5.74) is 4.31. The van der Waals surface area contributed by atoms with E-state index in [1.165, 1.54) is 12.1 Å². The van der Waals surface area contributed by atoms with Gasteiger partial charge in [-0.15, -0.1) is 0 Å². The van der Waals surface area contributed by atoms with Gasteiger partial charge in [-0.05, 0) is 25.5 Å². The lowest BCUT2D eigenvalue weighted by molar-refractivity contribution is -0.393. The summed E-state index contributed by atoms with van der Waals surface area (Å²) < 4.78 is 0. The summed E-state index contributed by atoms with van der Waals surface area (Å²) in [4.78, 5) is 20.6. The van der Waals surface area contributed by atoms with Crippen LogP contribution in [-0.2, 0) is 0 Å². The Morgan fingerprint density at radius 2 is 1.76 bits per heavy atom. The molecule has 0 amide bonds. The monoisotopic (exact) mass is 340 g/mol. The van der Waals surface area contributed by atoms with Crippen LogP contribution in [0.2, 0.25) is 0 Å². The number of rotatable bonds is 6. The minimum Gasteiger partial charge on any atom is -0.271 e. The van der Waals surface area contributed by atoms with Crippen molar-refractivity contribution >= 4 is 22.8 Å². The first kappa shape index (κ1) is 17.8. The van der Waals surface area contributed by atoms with Gasteiger partial charge in [-0.1, -0.05) is 36.4 Å². The molecule has 0 aliphatic carbocycles. The number of anilines is 1. The molecule has 0 aliphatic rings. The number of nitrogens with zero attached hydrogens (tertiary/aromatic N) is 3. The molecule has 0 radical (unpaired) electrons. The highest BCUT2D eigenvalue weighted by molar-refractivity contribution is 6.12. The second-order valence-corrected chi connectivity index (χ2v) is 5.13. The highest BCUT2D eigenvalue weighted by Gasteiger charge is 2.19. The van der Waals surface area contributed by atoms with Crippen molar-refractivity contribution < 1.29 is 9.85 Å². The van der Waals surface area contributed by atoms with E-state index in [0.29, 0.717) is 5.71 Å². The first-order valence-corrected chi connectivity index (χ1v) is 7.39. The SMILES string of the molecule is C/C=C(C)/C(=N\Nc1ccc([N+](=O)[O-])cc1[N+](=O)[O-])c1ccccc1. The van der Waals surface area contributed by atoms with Crippen LogP contribution in [0.3, 0.4) is 0 Å². The van der Waals surface area contributed by atoms with Crippen molar-refractivity contribution in [3.05, 3.63) is 86.0 Å². The number of benzene rings is 2. The quantitative estimate of drug-likeness (QED) is 0.479. The number of non-ortho nitro benzene ring substituents is 1. The molecule has 0 unspecified atom stereocenters. The van der Waals surface area contributed by atoms with Crippen molar-refractivity contribution in [2.75, 3.05) is 5.43 Å². The van der Waals surface area contributed by atoms with Gasteiger partial charge in [0.1, 0.15) is 5.69 Å². The van der Waals surface area contributed by atoms with Gasteiger partial charge in [0, 0.05) is 11.6 Å². The third-order valence-corrected chi connectivity index (χ3v) is 3.53. The Morgan fingerprint density at radius 3 is 2.32 bits per heavy atom. The van der Waals surface area contributed by atoms with Crippen LogP contribution in [-0.4, -0.2) is 15.6 Å². The van der Waals surface area contributed by atoms with Crippen LogP contribution in [0.5, 0.6) is 0 Å². The van der Waals surface area contributed by atoms with Crippen LogP contribution in [0.1, 0.15) is 19.4 Å². The maximum atomic E-state index is 11.2. The van der Waals surface area contributed by atoms with E-state index < -0.39 is 15.5 Å². The third-order valence-electron chi connectivity index (χ3n) is 3.53. The van der Waals surface area contributed by atoms with E-state index in [0.717, 1.165) is 17.2 Å². The Hall–Kier alpha value is -3.55. The maximum absolute atomic E-state index is 11.2. The lowest BCUT2D eigenvalue weighted by Gasteiger charge is -2.08. The molecule has 0 bridgehead atoms. The Labute approximate surface area is 143 Å². The highest BCUT2D eigenvalue weighted by atomic mass is 16.6. The predicted octanol–water partition coefficient (Wildman–Crippen LogP) is 4.29. The molecule has 0 aromatic heterocycles. The van der Waals surface area contributed by atoms with Crippen molar-refractivity contribution in [2.45, 2.75) is 13.8 Å². The molecule has 0 fully saturated rings. The second kappa shape index (κ2) is 7.82. The van der Waals surface area contributed by atoms with E-state index in [1.54, 1.807) is 0 Å². The fraction of sp³-hybridized carbons (Fsp3) is 0.118. The molecule has 8 nitrogen and oxygen atoms in total. The fourth-order valence-corrected chi connectivity index (χ4v) is 2.11. The average molecular weight is 340 g/mol. The Balaban J connectivity index is 2.44. The van der Waals surface area contributed by atoms with Crippen molar-refractivity contribution in [2.24, 2.45) is 5.10 Å². The summed E-state index contributed by atoms with van der Waals surface area (Å²) in [6.45, 7) is 3.74. The Morgan fingerprint density at radius 1 is 1.08 bits per heavy atom. The van der Waals surface area contributed by atoms with Crippen LogP contribution >= 0.6 is 0 Å². The summed E-state index contributed by atoms with van der Waals surface area (Å²) in [6, 6.07) is 12.7. The molecular weight excluding hydrogens is 324 g/mol. The van der Waals surface area contributed by atoms with Crippen molar-refractivity contribution in [3.8, 4) is 0 Å². The van der Waals surface area contributed by atoms with Crippen molar-refractivity contribution in [1.82, 2.24) is 0 Å². The average Bonchev–Trinajstić information content (AvgIpc) is 2.62. The summed E-state index contributed by atoms with van der Waals surface area (Å²) in [7, 11) is 0. The summed E-state index contributed by atoms with van der Waals surface area (Å²) in [5.74, 6) is 0. The maximum Gasteiger partial charge on any atom is 0.301 e. The standard InChI is InChI=1S/C17H16N4O4/c1-3-12(2)17(13-7-5-4-6-8-13)19-18-15-10-9-14(20(22)23)11-16(15)21(24)25/h3-11,18H,1-2H3/b12-3+,19-17+. The third kappa shape index (κ3) is 4.25. The summed E-state index contributed by atoms with van der Waals surface area (Å²) >= 11 is 0. The van der Waals surface area contributed by atoms with E-state index >= 15 is 0 Å². The van der Waals surface area contributed by atoms with Gasteiger partial charge in [0.25, 0.3) is 5.69 Å². The molecule has 128 valence electrons. The zero-order valence-electron chi connectivity index (χ0n) is 13.7. The van der Waals surface area contributed by atoms with Crippen LogP contribution < -0.4 is 5.43 Å². The van der Waals surface area contributed by atoms with Crippen LogP contribution in [0.15, 0.2) is 65.3 Å². The molecule has 0 saturated heterocycles. The van der Waals surface area contributed by atoms with Gasteiger partial charge >= 0.3 is 5.69 Å². The number of nitro benzene ring substituents is 2. The molecular formula is C17H16N4O4. The fourth-order valence-electron chi connectivity index (χ4n) is 2.11. The molecule has 1 N–H and O–H groups in total. The van der Waals surface area contributed by atoms with Crippen LogP contribution in [0.4, 0.5) is 17.1 Å². The second-order valence-electron chi connectivity index (χ2n) is 5.13. The number of hydrogen-bond acceptors (Lipinski definition) is 6. The number of hydrazone groups is 1. The lowest BCUT2D eigenvalue weighted by atomic mass is 10.0. The first-order valence-electron chi connectivity index (χ1n) is 7.39. The molecule has 0 aliphatic heterocycles. The molecule has 2 rings (SSSR count). The summed E-state index contributed by atoms with van der Waals surface area (Å²) in [6.07, 6.45) is 1.87. The smallest absolute Gasteiger partial charge is 0.271 e. The number of nitro groups is 2. The number of allylic oxidation sites excluding steroid dienone is 2. The molecule has 0 spiro atoms. The highest BCUT2D eigenvalue weighted by Crippen LogP contribution is 2.29. The predicted molar refractivity (Wildman–Crippen MR) is 95.8 cm³/mol. The lowest BCUT2D eigenvalue weighted by Crippen LogP contribution is -2.07. The van der Waals surface area contributed by atoms with Gasteiger partial charge in [-0.2, -0.15) is 5.10 Å². The first-order chi connectivity index (χ1) is 11.9. The molecule has 0 heterocycles. The van der Waals surface area contributed by atoms with Crippen molar-refractivity contribution in [1.29, 1.82) is 0 Å². The number of nitrogens with one attached hydrogen (secondary N) is 1. The summed E-state index contributed by atoms with van der Waals surface area (Å²) in [5, 5.41) is 26.3. The van der Waals surface area contributed by atoms with Gasteiger partial charge in [0.2, 0.25) is 0 Å². The van der Waals surface area contributed by atoms with E-state index in [4.69, 9.17) is 0 Å². The van der Waals surface area contributed by atoms with Gasteiger partial charge in [0.05, 0.1) is 21.6 Å². The van der Waals surface area contributed by atoms with Gasteiger partial charge in [0.15, 0.2) is 0 Å². The van der Waals surface area contributed by atoms with Gasteiger partial charge < -0.3 is 0 Å².